The van der Waals surface area contributed by atoms with Crippen LogP contribution in [0.5, 0.6) is 0 Å². The van der Waals surface area contributed by atoms with Crippen molar-refractivity contribution in [3.05, 3.63) is 30.2 Å². The van der Waals surface area contributed by atoms with Crippen molar-refractivity contribution in [1.82, 2.24) is 9.78 Å². The van der Waals surface area contributed by atoms with Crippen molar-refractivity contribution in [1.29, 1.82) is 0 Å². The van der Waals surface area contributed by atoms with E-state index in [1.54, 1.807) is 17.9 Å². The molecule has 5 nitrogen and oxygen atoms in total. The van der Waals surface area contributed by atoms with Crippen LogP contribution in [0.25, 0.3) is 21.9 Å². The van der Waals surface area contributed by atoms with Gasteiger partial charge in [0.25, 0.3) is 0 Å². The van der Waals surface area contributed by atoms with E-state index in [-0.39, 0.29) is 12.4 Å². The molecule has 0 unspecified atom stereocenters. The molecular formula is C14H14N2O3. The van der Waals surface area contributed by atoms with Gasteiger partial charge in [-0.15, -0.1) is 0 Å². The van der Waals surface area contributed by atoms with Gasteiger partial charge in [0.05, 0.1) is 24.8 Å². The zero-order valence-electron chi connectivity index (χ0n) is 10.8. The molecule has 0 spiro atoms. The van der Waals surface area contributed by atoms with Gasteiger partial charge < -0.3 is 9.15 Å². The van der Waals surface area contributed by atoms with Crippen LogP contribution in [-0.4, -0.2) is 22.4 Å². The van der Waals surface area contributed by atoms with E-state index in [1.165, 1.54) is 0 Å². The summed E-state index contributed by atoms with van der Waals surface area (Å²) in [6.45, 7) is 2.18. The topological polar surface area (TPSA) is 57.3 Å². The number of fused-ring (bicyclic) bond motifs is 2. The Morgan fingerprint density at radius 2 is 2.32 bits per heavy atom. The van der Waals surface area contributed by atoms with Crippen LogP contribution in [0.2, 0.25) is 0 Å². The molecule has 1 aromatic carbocycles. The third kappa shape index (κ3) is 2.07. The molecule has 98 valence electrons. The molecule has 0 aliphatic heterocycles. The van der Waals surface area contributed by atoms with Gasteiger partial charge in [0, 0.05) is 29.6 Å². The van der Waals surface area contributed by atoms with Crippen molar-refractivity contribution in [2.75, 3.05) is 6.61 Å². The fraction of sp³-hybridized carbons (Fsp3) is 0.286. The summed E-state index contributed by atoms with van der Waals surface area (Å²) in [5.41, 5.74) is 2.49. The standard InChI is InChI=1S/C14H14N2O3/c1-3-18-14(17)5-10-8-19-13-4-9-7-16(2)15-12(9)6-11(10)13/h4,6-8H,3,5H2,1-2H3. The minimum atomic E-state index is -0.244. The molecule has 0 saturated carbocycles. The molecule has 0 N–H and O–H groups in total. The summed E-state index contributed by atoms with van der Waals surface area (Å²) in [6.07, 6.45) is 3.77. The van der Waals surface area contributed by atoms with Gasteiger partial charge in [-0.05, 0) is 19.1 Å². The predicted molar refractivity (Wildman–Crippen MR) is 70.8 cm³/mol. The van der Waals surface area contributed by atoms with Crippen LogP contribution in [0.15, 0.2) is 29.0 Å². The third-order valence-electron chi connectivity index (χ3n) is 3.03. The van der Waals surface area contributed by atoms with Gasteiger partial charge in [0.1, 0.15) is 5.58 Å². The molecule has 3 aromatic rings. The number of esters is 1. The van der Waals surface area contributed by atoms with Crippen LogP contribution in [0.3, 0.4) is 0 Å². The highest BCUT2D eigenvalue weighted by atomic mass is 16.5. The van der Waals surface area contributed by atoms with Gasteiger partial charge >= 0.3 is 5.97 Å². The minimum Gasteiger partial charge on any atom is -0.466 e. The van der Waals surface area contributed by atoms with Crippen molar-refractivity contribution < 1.29 is 13.9 Å². The summed E-state index contributed by atoms with van der Waals surface area (Å²) < 4.78 is 12.2. The smallest absolute Gasteiger partial charge is 0.310 e. The van der Waals surface area contributed by atoms with E-state index in [2.05, 4.69) is 5.10 Å². The number of furan rings is 1. The van der Waals surface area contributed by atoms with Crippen molar-refractivity contribution in [3.63, 3.8) is 0 Å². The molecule has 0 saturated heterocycles. The van der Waals surface area contributed by atoms with E-state index in [0.717, 1.165) is 27.4 Å². The molecule has 5 heteroatoms. The van der Waals surface area contributed by atoms with Crippen molar-refractivity contribution in [2.24, 2.45) is 7.05 Å². The first-order valence-corrected chi connectivity index (χ1v) is 6.16. The quantitative estimate of drug-likeness (QED) is 0.677. The molecule has 0 aliphatic carbocycles. The lowest BCUT2D eigenvalue weighted by Gasteiger charge is -1.99. The number of hydrogen-bond acceptors (Lipinski definition) is 4. The highest BCUT2D eigenvalue weighted by molar-refractivity contribution is 5.96. The Bertz CT molecular complexity index is 755. The van der Waals surface area contributed by atoms with Gasteiger partial charge in [-0.3, -0.25) is 9.48 Å². The average molecular weight is 258 g/mol. The second kappa shape index (κ2) is 4.42. The lowest BCUT2D eigenvalue weighted by molar-refractivity contribution is -0.142. The maximum absolute atomic E-state index is 11.5. The molecule has 0 atom stereocenters. The molecule has 0 bridgehead atoms. The number of ether oxygens (including phenoxy) is 1. The molecular weight excluding hydrogens is 244 g/mol. The normalized spacial score (nSPS) is 11.3. The first kappa shape index (κ1) is 11.8. The highest BCUT2D eigenvalue weighted by Gasteiger charge is 2.13. The number of hydrogen-bond donors (Lipinski definition) is 0. The maximum Gasteiger partial charge on any atom is 0.310 e. The number of carbonyl (C=O) groups is 1. The predicted octanol–water partition coefficient (Wildman–Crippen LogP) is 2.43. The van der Waals surface area contributed by atoms with Crippen molar-refractivity contribution in [2.45, 2.75) is 13.3 Å². The number of aryl methyl sites for hydroxylation is 1. The SMILES string of the molecule is CCOC(=O)Cc1coc2cc3cn(C)nc3cc12. The zero-order chi connectivity index (χ0) is 13.4. The van der Waals surface area contributed by atoms with Crippen LogP contribution >= 0.6 is 0 Å². The molecule has 0 amide bonds. The minimum absolute atomic E-state index is 0.221. The summed E-state index contributed by atoms with van der Waals surface area (Å²) in [5, 5.41) is 6.29. The molecule has 0 radical (unpaired) electrons. The Morgan fingerprint density at radius 3 is 3.11 bits per heavy atom. The Morgan fingerprint density at radius 1 is 1.47 bits per heavy atom. The van der Waals surface area contributed by atoms with Gasteiger partial charge in [-0.1, -0.05) is 0 Å². The van der Waals surface area contributed by atoms with E-state index in [0.29, 0.717) is 6.61 Å². The second-order valence-electron chi connectivity index (χ2n) is 4.45. The number of benzene rings is 1. The van der Waals surface area contributed by atoms with Crippen molar-refractivity contribution in [3.8, 4) is 0 Å². The molecule has 3 rings (SSSR count). The van der Waals surface area contributed by atoms with Gasteiger partial charge in [0.15, 0.2) is 0 Å². The van der Waals surface area contributed by atoms with E-state index in [9.17, 15) is 4.79 Å². The lowest BCUT2D eigenvalue weighted by Crippen LogP contribution is -2.06. The molecule has 2 aromatic heterocycles. The molecule has 19 heavy (non-hydrogen) atoms. The van der Waals surface area contributed by atoms with E-state index in [1.807, 2.05) is 25.4 Å². The lowest BCUT2D eigenvalue weighted by atomic mass is 10.1. The van der Waals surface area contributed by atoms with E-state index < -0.39 is 0 Å². The summed E-state index contributed by atoms with van der Waals surface area (Å²) in [7, 11) is 1.88. The second-order valence-corrected chi connectivity index (χ2v) is 4.45. The molecule has 0 fully saturated rings. The molecule has 0 aliphatic rings. The van der Waals surface area contributed by atoms with Gasteiger partial charge in [-0.2, -0.15) is 5.10 Å². The zero-order valence-corrected chi connectivity index (χ0v) is 10.8. The fourth-order valence-electron chi connectivity index (χ4n) is 2.23. The highest BCUT2D eigenvalue weighted by Crippen LogP contribution is 2.26. The largest absolute Gasteiger partial charge is 0.466 e. The first-order chi connectivity index (χ1) is 9.17. The maximum atomic E-state index is 11.5. The van der Waals surface area contributed by atoms with Gasteiger partial charge in [-0.25, -0.2) is 0 Å². The van der Waals surface area contributed by atoms with Crippen LogP contribution in [0.1, 0.15) is 12.5 Å². The molecule has 2 heterocycles. The fourth-order valence-corrected chi connectivity index (χ4v) is 2.23. The number of nitrogens with zero attached hydrogens (tertiary/aromatic N) is 2. The van der Waals surface area contributed by atoms with Crippen LogP contribution < -0.4 is 0 Å². The third-order valence-corrected chi connectivity index (χ3v) is 3.03. The van der Waals surface area contributed by atoms with E-state index >= 15 is 0 Å². The van der Waals surface area contributed by atoms with E-state index in [4.69, 9.17) is 9.15 Å². The van der Waals surface area contributed by atoms with Gasteiger partial charge in [0.2, 0.25) is 0 Å². The average Bonchev–Trinajstić information content (AvgIpc) is 2.89. The number of carbonyl (C=O) groups excluding carboxylic acids is 1. The van der Waals surface area contributed by atoms with Crippen molar-refractivity contribution >= 4 is 27.8 Å². The first-order valence-electron chi connectivity index (χ1n) is 6.16. The summed E-state index contributed by atoms with van der Waals surface area (Å²) in [5.74, 6) is -0.244. The Hall–Kier alpha value is -2.30. The Balaban J connectivity index is 2.05. The number of aromatic nitrogens is 2. The summed E-state index contributed by atoms with van der Waals surface area (Å²) >= 11 is 0. The summed E-state index contributed by atoms with van der Waals surface area (Å²) in [6, 6.07) is 3.88. The Labute approximate surface area is 109 Å². The Kier molecular flexibility index (Phi) is 2.74. The monoisotopic (exact) mass is 258 g/mol. The summed E-state index contributed by atoms with van der Waals surface area (Å²) in [4.78, 5) is 11.5. The van der Waals surface area contributed by atoms with Crippen LogP contribution in [0, 0.1) is 0 Å². The van der Waals surface area contributed by atoms with Crippen LogP contribution in [0.4, 0.5) is 0 Å². The van der Waals surface area contributed by atoms with Crippen LogP contribution in [-0.2, 0) is 23.0 Å². The number of rotatable bonds is 3.